The number of hydrogen-bond acceptors (Lipinski definition) is 2. The molecule has 0 spiro atoms. The van der Waals surface area contributed by atoms with Gasteiger partial charge < -0.3 is 0 Å². The summed E-state index contributed by atoms with van der Waals surface area (Å²) in [6, 6.07) is 11.2. The second-order valence-electron chi connectivity index (χ2n) is 2.79. The van der Waals surface area contributed by atoms with Crippen LogP contribution in [0, 0.1) is 12.0 Å². The van der Waals surface area contributed by atoms with Gasteiger partial charge in [0.05, 0.1) is 5.69 Å². The first-order chi connectivity index (χ1) is 5.86. The molecule has 0 aromatic heterocycles. The normalized spacial score (nSPS) is 13.6. The third-order valence-corrected chi connectivity index (χ3v) is 1.83. The molecule has 2 rings (SSSR count). The lowest BCUT2D eigenvalue weighted by molar-refractivity contribution is 0.585. The predicted molar refractivity (Wildman–Crippen MR) is 49.3 cm³/mol. The minimum atomic E-state index is 0.827. The molecule has 0 saturated carbocycles. The third kappa shape index (κ3) is 1.22. The number of rotatable bonds is 0. The van der Waals surface area contributed by atoms with Crippen molar-refractivity contribution in [3.05, 3.63) is 29.8 Å². The van der Waals surface area contributed by atoms with Crippen molar-refractivity contribution >= 4 is 5.69 Å². The molecule has 0 unspecified atom stereocenters. The molecule has 1 aromatic rings. The van der Waals surface area contributed by atoms with Gasteiger partial charge in [-0.05, 0) is 11.6 Å². The van der Waals surface area contributed by atoms with E-state index in [1.807, 2.05) is 19.2 Å². The maximum Gasteiger partial charge on any atom is 0.0590 e. The Labute approximate surface area is 72.2 Å². The Morgan fingerprint density at radius 2 is 2.25 bits per heavy atom. The Bertz CT molecular complexity index is 346. The molecule has 1 N–H and O–H groups in total. The van der Waals surface area contributed by atoms with Crippen LogP contribution in [0.15, 0.2) is 24.3 Å². The van der Waals surface area contributed by atoms with Crippen LogP contribution >= 0.6 is 0 Å². The van der Waals surface area contributed by atoms with Crippen LogP contribution in [0.4, 0.5) is 5.69 Å². The zero-order valence-corrected chi connectivity index (χ0v) is 6.96. The molecule has 2 nitrogen and oxygen atoms in total. The first kappa shape index (κ1) is 7.05. The van der Waals surface area contributed by atoms with Gasteiger partial charge in [-0.3, -0.25) is 5.43 Å². The molecule has 1 aliphatic rings. The van der Waals surface area contributed by atoms with Gasteiger partial charge in [-0.1, -0.05) is 24.1 Å². The lowest BCUT2D eigenvalue weighted by Crippen LogP contribution is -2.18. The molecule has 1 heterocycles. The standard InChI is InChI=1S/C10H10N2/c1-12-8-4-6-9-5-2-3-7-10(9)11-12/h2-3,5,7,11H,6H2,1H3. The Balaban J connectivity index is 2.40. The van der Waals surface area contributed by atoms with E-state index in [9.17, 15) is 0 Å². The van der Waals surface area contributed by atoms with Crippen LogP contribution in [0.3, 0.4) is 0 Å². The fourth-order valence-electron chi connectivity index (χ4n) is 1.25. The van der Waals surface area contributed by atoms with Crippen LogP contribution in [0.5, 0.6) is 0 Å². The van der Waals surface area contributed by atoms with Gasteiger partial charge in [0, 0.05) is 19.5 Å². The van der Waals surface area contributed by atoms with E-state index in [2.05, 4.69) is 29.5 Å². The Hall–Kier alpha value is -1.62. The highest BCUT2D eigenvalue weighted by Crippen LogP contribution is 2.16. The maximum atomic E-state index is 3.18. The highest BCUT2D eigenvalue weighted by molar-refractivity contribution is 5.53. The second kappa shape index (κ2) is 2.78. The van der Waals surface area contributed by atoms with Gasteiger partial charge in [0.25, 0.3) is 0 Å². The molecule has 0 bridgehead atoms. The molecule has 0 amide bonds. The smallest absolute Gasteiger partial charge is 0.0590 e. The van der Waals surface area contributed by atoms with E-state index in [0.29, 0.717) is 0 Å². The fraction of sp³-hybridized carbons (Fsp3) is 0.200. The summed E-state index contributed by atoms with van der Waals surface area (Å²) in [5.41, 5.74) is 5.58. The van der Waals surface area contributed by atoms with Gasteiger partial charge in [-0.25, -0.2) is 5.01 Å². The van der Waals surface area contributed by atoms with Crippen molar-refractivity contribution < 1.29 is 0 Å². The number of nitrogens with one attached hydrogen (secondary N) is 1. The van der Waals surface area contributed by atoms with Crippen molar-refractivity contribution in [2.24, 2.45) is 0 Å². The zero-order chi connectivity index (χ0) is 8.39. The van der Waals surface area contributed by atoms with E-state index in [1.54, 1.807) is 5.01 Å². The van der Waals surface area contributed by atoms with Crippen molar-refractivity contribution in [1.29, 1.82) is 0 Å². The number of fused-ring (bicyclic) bond motifs is 1. The lowest BCUT2D eigenvalue weighted by Gasteiger charge is -2.14. The van der Waals surface area contributed by atoms with E-state index in [4.69, 9.17) is 0 Å². The van der Waals surface area contributed by atoms with Gasteiger partial charge in [0.2, 0.25) is 0 Å². The van der Waals surface area contributed by atoms with E-state index in [0.717, 1.165) is 12.1 Å². The average molecular weight is 158 g/mol. The lowest BCUT2D eigenvalue weighted by atomic mass is 10.1. The summed E-state index contributed by atoms with van der Waals surface area (Å²) in [6.45, 7) is 0. The molecule has 0 radical (unpaired) electrons. The van der Waals surface area contributed by atoms with Crippen LogP contribution in [0.2, 0.25) is 0 Å². The highest BCUT2D eigenvalue weighted by atomic mass is 15.5. The minimum Gasteiger partial charge on any atom is -0.291 e. The Kier molecular flexibility index (Phi) is 1.64. The largest absolute Gasteiger partial charge is 0.291 e. The molecule has 2 heteroatoms. The van der Waals surface area contributed by atoms with Crippen molar-refractivity contribution in [3.63, 3.8) is 0 Å². The maximum absolute atomic E-state index is 3.18. The molecule has 0 atom stereocenters. The molecular weight excluding hydrogens is 148 g/mol. The monoisotopic (exact) mass is 158 g/mol. The van der Waals surface area contributed by atoms with Gasteiger partial charge in [-0.15, -0.1) is 0 Å². The summed E-state index contributed by atoms with van der Waals surface area (Å²) >= 11 is 0. The summed E-state index contributed by atoms with van der Waals surface area (Å²) in [5.74, 6) is 3.07. The van der Waals surface area contributed by atoms with E-state index in [1.165, 1.54) is 5.56 Å². The topological polar surface area (TPSA) is 15.3 Å². The summed E-state index contributed by atoms with van der Waals surface area (Å²) in [4.78, 5) is 0. The molecule has 60 valence electrons. The van der Waals surface area contributed by atoms with Gasteiger partial charge >= 0.3 is 0 Å². The average Bonchev–Trinajstić information content (AvgIpc) is 2.25. The molecule has 0 aliphatic carbocycles. The van der Waals surface area contributed by atoms with Crippen LogP contribution in [-0.4, -0.2) is 12.1 Å². The molecule has 1 aliphatic heterocycles. The summed E-state index contributed by atoms with van der Waals surface area (Å²) < 4.78 is 0. The fourth-order valence-corrected chi connectivity index (χ4v) is 1.25. The SMILES string of the molecule is CN1C#CCc2ccccc2N1. The van der Waals surface area contributed by atoms with Crippen LogP contribution < -0.4 is 5.43 Å². The van der Waals surface area contributed by atoms with Crippen molar-refractivity contribution in [2.45, 2.75) is 6.42 Å². The van der Waals surface area contributed by atoms with E-state index < -0.39 is 0 Å². The van der Waals surface area contributed by atoms with Gasteiger partial charge in [0.1, 0.15) is 0 Å². The summed E-state index contributed by atoms with van der Waals surface area (Å²) in [7, 11) is 1.91. The number of nitrogens with zero attached hydrogens (tertiary/aromatic N) is 1. The van der Waals surface area contributed by atoms with Gasteiger partial charge in [0.15, 0.2) is 0 Å². The quantitative estimate of drug-likeness (QED) is 0.575. The number of benzene rings is 1. The van der Waals surface area contributed by atoms with E-state index >= 15 is 0 Å². The Morgan fingerprint density at radius 1 is 1.42 bits per heavy atom. The predicted octanol–water partition coefficient (Wildman–Crippen LogP) is 1.46. The van der Waals surface area contributed by atoms with Crippen LogP contribution in [-0.2, 0) is 6.42 Å². The molecule has 0 saturated heterocycles. The van der Waals surface area contributed by atoms with Crippen LogP contribution in [0.25, 0.3) is 0 Å². The van der Waals surface area contributed by atoms with Crippen LogP contribution in [0.1, 0.15) is 5.56 Å². The zero-order valence-electron chi connectivity index (χ0n) is 6.96. The molecule has 1 aromatic carbocycles. The number of hydrazine groups is 1. The van der Waals surface area contributed by atoms with Crippen molar-refractivity contribution in [2.75, 3.05) is 12.5 Å². The summed E-state index contributed by atoms with van der Waals surface area (Å²) in [5, 5.41) is 1.78. The highest BCUT2D eigenvalue weighted by Gasteiger charge is 2.03. The number of hydrogen-bond donors (Lipinski definition) is 1. The molecular formula is C10H10N2. The first-order valence-electron chi connectivity index (χ1n) is 3.93. The van der Waals surface area contributed by atoms with Crippen molar-refractivity contribution in [3.8, 4) is 12.0 Å². The minimum absolute atomic E-state index is 0.827. The Morgan fingerprint density at radius 3 is 3.17 bits per heavy atom. The number of anilines is 1. The van der Waals surface area contributed by atoms with Crippen molar-refractivity contribution in [1.82, 2.24) is 5.01 Å². The first-order valence-corrected chi connectivity index (χ1v) is 3.93. The number of para-hydroxylation sites is 1. The summed E-state index contributed by atoms with van der Waals surface area (Å²) in [6.07, 6.45) is 0.827. The molecule has 0 fully saturated rings. The third-order valence-electron chi connectivity index (χ3n) is 1.83. The van der Waals surface area contributed by atoms with E-state index in [-0.39, 0.29) is 0 Å². The molecule has 12 heavy (non-hydrogen) atoms. The van der Waals surface area contributed by atoms with Gasteiger partial charge in [-0.2, -0.15) is 0 Å². The second-order valence-corrected chi connectivity index (χ2v) is 2.79.